The van der Waals surface area contributed by atoms with Crippen molar-refractivity contribution >= 4 is 56.4 Å². The van der Waals surface area contributed by atoms with E-state index in [9.17, 15) is 4.39 Å². The average molecular weight is 385 g/mol. The molecule has 7 heteroatoms. The van der Waals surface area contributed by atoms with Crippen LogP contribution in [0.5, 0.6) is 11.5 Å². The summed E-state index contributed by atoms with van der Waals surface area (Å²) in [6.45, 7) is 0. The van der Waals surface area contributed by atoms with E-state index in [0.717, 1.165) is 6.07 Å². The molecule has 0 atom stereocenters. The molecule has 19 heavy (non-hydrogen) atoms. The van der Waals surface area contributed by atoms with Gasteiger partial charge in [0.25, 0.3) is 0 Å². The largest absolute Gasteiger partial charge is 0.454 e. The van der Waals surface area contributed by atoms with E-state index in [4.69, 9.17) is 45.3 Å². The minimum atomic E-state index is -0.619. The lowest BCUT2D eigenvalue weighted by Gasteiger charge is -2.11. The zero-order valence-electron chi connectivity index (χ0n) is 9.18. The van der Waals surface area contributed by atoms with Crippen molar-refractivity contribution in [2.75, 3.05) is 5.73 Å². The summed E-state index contributed by atoms with van der Waals surface area (Å²) >= 11 is 20.9. The van der Waals surface area contributed by atoms with Crippen LogP contribution in [0.4, 0.5) is 10.1 Å². The van der Waals surface area contributed by atoms with Gasteiger partial charge in [0.1, 0.15) is 11.6 Å². The molecule has 0 aromatic heterocycles. The first kappa shape index (κ1) is 14.7. The van der Waals surface area contributed by atoms with E-state index < -0.39 is 5.82 Å². The smallest absolute Gasteiger partial charge is 0.152 e. The molecule has 2 aromatic rings. The minimum absolute atomic E-state index is 0.0940. The third kappa shape index (κ3) is 3.26. The first-order valence-corrected chi connectivity index (χ1v) is 6.88. The molecule has 0 aliphatic heterocycles. The predicted octanol–water partition coefficient (Wildman–Crippen LogP) is 5.92. The zero-order chi connectivity index (χ0) is 14.2. The van der Waals surface area contributed by atoms with E-state index >= 15 is 0 Å². The number of anilines is 1. The highest BCUT2D eigenvalue weighted by molar-refractivity contribution is 9.10. The maximum absolute atomic E-state index is 13.2. The van der Waals surface area contributed by atoms with Gasteiger partial charge in [-0.1, -0.05) is 34.8 Å². The summed E-state index contributed by atoms with van der Waals surface area (Å²) < 4.78 is 19.3. The van der Waals surface area contributed by atoms with E-state index in [-0.39, 0.29) is 16.5 Å². The monoisotopic (exact) mass is 383 g/mol. The van der Waals surface area contributed by atoms with Crippen LogP contribution in [-0.2, 0) is 0 Å². The van der Waals surface area contributed by atoms with E-state index in [0.29, 0.717) is 20.3 Å². The number of benzene rings is 2. The molecule has 0 aliphatic carbocycles. The van der Waals surface area contributed by atoms with Crippen LogP contribution in [0.2, 0.25) is 15.1 Å². The highest BCUT2D eigenvalue weighted by Gasteiger charge is 2.12. The Bertz CT molecular complexity index is 596. The van der Waals surface area contributed by atoms with Crippen LogP contribution in [0.3, 0.4) is 0 Å². The summed E-state index contributed by atoms with van der Waals surface area (Å²) in [5.74, 6) is -0.123. The molecule has 0 aliphatic rings. The summed E-state index contributed by atoms with van der Waals surface area (Å²) in [6, 6.07) is 5.45. The molecule has 100 valence electrons. The molecule has 2 aromatic carbocycles. The second-order valence-electron chi connectivity index (χ2n) is 3.60. The molecule has 0 heterocycles. The van der Waals surface area contributed by atoms with Gasteiger partial charge in [-0.15, -0.1) is 0 Å². The van der Waals surface area contributed by atoms with Gasteiger partial charge < -0.3 is 10.5 Å². The lowest BCUT2D eigenvalue weighted by molar-refractivity contribution is 0.483. The van der Waals surface area contributed by atoms with Crippen LogP contribution in [0.15, 0.2) is 28.7 Å². The van der Waals surface area contributed by atoms with Gasteiger partial charge in [0.2, 0.25) is 0 Å². The zero-order valence-corrected chi connectivity index (χ0v) is 13.0. The fraction of sp³-hybridized carbons (Fsp3) is 0. The summed E-state index contributed by atoms with van der Waals surface area (Å²) in [4.78, 5) is 0. The number of hydrogen-bond acceptors (Lipinski definition) is 2. The fourth-order valence-electron chi connectivity index (χ4n) is 1.33. The van der Waals surface area contributed by atoms with Gasteiger partial charge in [-0.05, 0) is 22.0 Å². The van der Waals surface area contributed by atoms with Crippen molar-refractivity contribution in [3.05, 3.63) is 49.6 Å². The Balaban J connectivity index is 2.42. The molecule has 0 spiro atoms. The van der Waals surface area contributed by atoms with Crippen LogP contribution in [0.1, 0.15) is 0 Å². The van der Waals surface area contributed by atoms with Crippen LogP contribution >= 0.6 is 50.7 Å². The summed E-state index contributed by atoms with van der Waals surface area (Å²) in [5.41, 5.74) is 5.76. The van der Waals surface area contributed by atoms with Crippen LogP contribution in [0, 0.1) is 5.82 Å². The number of nitrogens with two attached hydrogens (primary N) is 1. The highest BCUT2D eigenvalue weighted by Crippen LogP contribution is 2.39. The summed E-state index contributed by atoms with van der Waals surface area (Å²) in [7, 11) is 0. The molecule has 0 saturated carbocycles. The first-order valence-electron chi connectivity index (χ1n) is 4.95. The summed E-state index contributed by atoms with van der Waals surface area (Å²) in [6.07, 6.45) is 0. The second-order valence-corrected chi connectivity index (χ2v) is 5.68. The molecule has 2 N–H and O–H groups in total. The maximum Gasteiger partial charge on any atom is 0.152 e. The van der Waals surface area contributed by atoms with Gasteiger partial charge in [0, 0.05) is 22.7 Å². The highest BCUT2D eigenvalue weighted by atomic mass is 79.9. The lowest BCUT2D eigenvalue weighted by atomic mass is 10.3. The molecule has 0 amide bonds. The number of rotatable bonds is 2. The van der Waals surface area contributed by atoms with Crippen molar-refractivity contribution in [1.82, 2.24) is 0 Å². The van der Waals surface area contributed by atoms with Gasteiger partial charge in [0.05, 0.1) is 20.8 Å². The number of halogens is 5. The predicted molar refractivity (Wildman–Crippen MR) is 80.1 cm³/mol. The topological polar surface area (TPSA) is 35.2 Å². The van der Waals surface area contributed by atoms with Crippen molar-refractivity contribution in [1.29, 1.82) is 0 Å². The Kier molecular flexibility index (Phi) is 4.46. The molecule has 0 radical (unpaired) electrons. The van der Waals surface area contributed by atoms with E-state index in [1.165, 1.54) is 12.1 Å². The second kappa shape index (κ2) is 5.75. The van der Waals surface area contributed by atoms with Gasteiger partial charge in [-0.2, -0.15) is 0 Å². The summed E-state index contributed by atoms with van der Waals surface area (Å²) in [5, 5.41) is 0.658. The SMILES string of the molecule is Nc1cc(F)c(Cl)cc1Oc1cc(Cl)c(Br)cc1Cl. The molecular weight excluding hydrogens is 379 g/mol. The fourth-order valence-corrected chi connectivity index (χ4v) is 2.32. The van der Waals surface area contributed by atoms with Crippen LogP contribution in [-0.4, -0.2) is 0 Å². The van der Waals surface area contributed by atoms with E-state index in [1.807, 2.05) is 0 Å². The number of ether oxygens (including phenoxy) is 1. The van der Waals surface area contributed by atoms with Crippen LogP contribution in [0.25, 0.3) is 0 Å². The third-order valence-corrected chi connectivity index (χ3v) is 4.03. The van der Waals surface area contributed by atoms with Gasteiger partial charge in [-0.3, -0.25) is 0 Å². The lowest BCUT2D eigenvalue weighted by Crippen LogP contribution is -1.94. The number of hydrogen-bond donors (Lipinski definition) is 1. The normalized spacial score (nSPS) is 10.6. The first-order chi connectivity index (χ1) is 8.88. The molecule has 0 unspecified atom stereocenters. The quantitative estimate of drug-likeness (QED) is 0.514. The Labute approximate surface area is 132 Å². The van der Waals surface area contributed by atoms with Crippen molar-refractivity contribution in [3.63, 3.8) is 0 Å². The minimum Gasteiger partial charge on any atom is -0.454 e. The van der Waals surface area contributed by atoms with E-state index in [1.54, 1.807) is 6.07 Å². The molecule has 0 saturated heterocycles. The standard InChI is InChI=1S/C12H6BrCl3FNO/c13-5-1-8(16)11(2-6(5)14)19-12-3-7(15)9(17)4-10(12)18/h1-4H,18H2. The van der Waals surface area contributed by atoms with Gasteiger partial charge >= 0.3 is 0 Å². The molecule has 2 nitrogen and oxygen atoms in total. The van der Waals surface area contributed by atoms with E-state index in [2.05, 4.69) is 15.9 Å². The maximum atomic E-state index is 13.2. The molecule has 0 fully saturated rings. The average Bonchev–Trinajstić information content (AvgIpc) is 2.32. The molecular formula is C12H6BrCl3FNO. The van der Waals surface area contributed by atoms with Gasteiger partial charge in [-0.25, -0.2) is 4.39 Å². The third-order valence-electron chi connectivity index (χ3n) is 2.25. The van der Waals surface area contributed by atoms with Crippen LogP contribution < -0.4 is 10.5 Å². The Morgan fingerprint density at radius 2 is 1.58 bits per heavy atom. The van der Waals surface area contributed by atoms with Crippen molar-refractivity contribution in [3.8, 4) is 11.5 Å². The molecule has 2 rings (SSSR count). The van der Waals surface area contributed by atoms with Crippen molar-refractivity contribution < 1.29 is 9.13 Å². The van der Waals surface area contributed by atoms with Crippen molar-refractivity contribution in [2.24, 2.45) is 0 Å². The van der Waals surface area contributed by atoms with Crippen molar-refractivity contribution in [2.45, 2.75) is 0 Å². The Hall–Kier alpha value is -0.680. The Morgan fingerprint density at radius 3 is 2.26 bits per heavy atom. The Morgan fingerprint density at radius 1 is 0.947 bits per heavy atom. The number of nitrogen functional groups attached to an aromatic ring is 1. The van der Waals surface area contributed by atoms with Gasteiger partial charge in [0.15, 0.2) is 5.75 Å². The molecule has 0 bridgehead atoms.